The molecule has 0 radical (unpaired) electrons. The van der Waals surface area contributed by atoms with Gasteiger partial charge in [0.25, 0.3) is 0 Å². The van der Waals surface area contributed by atoms with Gasteiger partial charge in [-0.2, -0.15) is 0 Å². The summed E-state index contributed by atoms with van der Waals surface area (Å²) < 4.78 is 4.93. The molecule has 3 N–H and O–H groups in total. The lowest BCUT2D eigenvalue weighted by molar-refractivity contribution is 0.196. The lowest BCUT2D eigenvalue weighted by Crippen LogP contribution is -2.30. The highest BCUT2D eigenvalue weighted by Crippen LogP contribution is 2.23. The molecule has 0 aromatic rings. The van der Waals surface area contributed by atoms with Crippen LogP contribution < -0.4 is 11.3 Å². The molecule has 1 aliphatic rings. The predicted octanol–water partition coefficient (Wildman–Crippen LogP) is 0.437. The van der Waals surface area contributed by atoms with Crippen LogP contribution in [0.25, 0.3) is 0 Å². The largest absolute Gasteiger partial charge is 0.385 e. The summed E-state index contributed by atoms with van der Waals surface area (Å²) in [6.45, 7) is 0.769. The normalized spacial score (nSPS) is 18.0. The van der Waals surface area contributed by atoms with Gasteiger partial charge in [0, 0.05) is 20.1 Å². The summed E-state index contributed by atoms with van der Waals surface area (Å²) in [4.78, 5) is 4.40. The van der Waals surface area contributed by atoms with Gasteiger partial charge in [0.05, 0.1) is 6.04 Å². The summed E-state index contributed by atoms with van der Waals surface area (Å²) in [7, 11) is 1.70. The predicted molar refractivity (Wildman–Crippen MR) is 48.9 cm³/mol. The summed E-state index contributed by atoms with van der Waals surface area (Å²) in [6.07, 6.45) is 4.30. The Kier molecular flexibility index (Phi) is 4.04. The number of nitrogens with zero attached hydrogens (tertiary/aromatic N) is 1. The molecule has 0 aromatic heterocycles. The van der Waals surface area contributed by atoms with Gasteiger partial charge in [-0.05, 0) is 19.3 Å². The van der Waals surface area contributed by atoms with Crippen molar-refractivity contribution in [2.75, 3.05) is 13.7 Å². The van der Waals surface area contributed by atoms with Gasteiger partial charge in [0.2, 0.25) is 0 Å². The number of methoxy groups -OCH3 is 1. The highest BCUT2D eigenvalue weighted by atomic mass is 16.5. The van der Waals surface area contributed by atoms with Crippen molar-refractivity contribution in [1.82, 2.24) is 5.43 Å². The van der Waals surface area contributed by atoms with E-state index in [1.807, 2.05) is 0 Å². The van der Waals surface area contributed by atoms with E-state index in [0.29, 0.717) is 6.04 Å². The number of rotatable bonds is 5. The molecule has 70 valence electrons. The molecule has 12 heavy (non-hydrogen) atoms. The van der Waals surface area contributed by atoms with E-state index in [1.165, 1.54) is 12.8 Å². The zero-order valence-electron chi connectivity index (χ0n) is 7.55. The van der Waals surface area contributed by atoms with Crippen LogP contribution in [0.5, 0.6) is 0 Å². The molecule has 1 rings (SSSR count). The summed E-state index contributed by atoms with van der Waals surface area (Å²) in [5.41, 5.74) is 2.63. The van der Waals surface area contributed by atoms with Crippen molar-refractivity contribution in [3.05, 3.63) is 0 Å². The Morgan fingerprint density at radius 3 is 2.92 bits per heavy atom. The number of nitrogens with two attached hydrogens (primary N) is 1. The number of hydrogen-bond donors (Lipinski definition) is 2. The van der Waals surface area contributed by atoms with E-state index in [1.54, 1.807) is 7.11 Å². The van der Waals surface area contributed by atoms with Crippen molar-refractivity contribution >= 4 is 5.84 Å². The van der Waals surface area contributed by atoms with Crippen LogP contribution in [0.4, 0.5) is 0 Å². The van der Waals surface area contributed by atoms with Crippen LogP contribution in [0.2, 0.25) is 0 Å². The Hall–Kier alpha value is -0.610. The monoisotopic (exact) mass is 171 g/mol. The Balaban J connectivity index is 2.15. The van der Waals surface area contributed by atoms with Crippen LogP contribution in [0.15, 0.2) is 4.99 Å². The fourth-order valence-corrected chi connectivity index (χ4v) is 0.982. The molecule has 0 bridgehead atoms. The lowest BCUT2D eigenvalue weighted by atomic mass is 10.3. The number of hydrazine groups is 1. The minimum absolute atomic E-state index is 0.540. The third-order valence-corrected chi connectivity index (χ3v) is 1.81. The molecule has 0 heterocycles. The van der Waals surface area contributed by atoms with Crippen molar-refractivity contribution in [3.8, 4) is 0 Å². The smallest absolute Gasteiger partial charge is 0.111 e. The second-order valence-electron chi connectivity index (χ2n) is 3.05. The molecule has 4 heteroatoms. The maximum Gasteiger partial charge on any atom is 0.111 e. The maximum atomic E-state index is 5.31. The molecule has 0 saturated heterocycles. The van der Waals surface area contributed by atoms with E-state index >= 15 is 0 Å². The zero-order chi connectivity index (χ0) is 8.81. The van der Waals surface area contributed by atoms with Crippen LogP contribution in [0.1, 0.15) is 25.7 Å². The first-order valence-electron chi connectivity index (χ1n) is 4.39. The van der Waals surface area contributed by atoms with Crippen molar-refractivity contribution in [1.29, 1.82) is 0 Å². The standard InChI is InChI=1S/C8H17N3O/c1-12-6-2-3-8(11-9)10-7-4-5-7/h7H,2-6,9H2,1H3,(H,10,11). The van der Waals surface area contributed by atoms with E-state index in [0.717, 1.165) is 25.3 Å². The molecule has 0 spiro atoms. The van der Waals surface area contributed by atoms with Crippen molar-refractivity contribution in [2.45, 2.75) is 31.7 Å². The Morgan fingerprint density at radius 2 is 2.42 bits per heavy atom. The molecule has 1 fully saturated rings. The van der Waals surface area contributed by atoms with Gasteiger partial charge in [-0.1, -0.05) is 0 Å². The van der Waals surface area contributed by atoms with Crippen molar-refractivity contribution in [3.63, 3.8) is 0 Å². The first kappa shape index (κ1) is 9.48. The molecule has 0 aromatic carbocycles. The summed E-state index contributed by atoms with van der Waals surface area (Å²) in [5.74, 6) is 6.22. The molecule has 1 aliphatic carbocycles. The van der Waals surface area contributed by atoms with Crippen LogP contribution >= 0.6 is 0 Å². The fourth-order valence-electron chi connectivity index (χ4n) is 0.982. The molecule has 4 nitrogen and oxygen atoms in total. The van der Waals surface area contributed by atoms with E-state index in [9.17, 15) is 0 Å². The fraction of sp³-hybridized carbons (Fsp3) is 0.875. The average molecular weight is 171 g/mol. The van der Waals surface area contributed by atoms with Gasteiger partial charge in [-0.15, -0.1) is 0 Å². The minimum Gasteiger partial charge on any atom is -0.385 e. The molecule has 0 aliphatic heterocycles. The van der Waals surface area contributed by atoms with Crippen LogP contribution in [-0.2, 0) is 4.74 Å². The number of amidine groups is 1. The second kappa shape index (κ2) is 5.11. The molecular formula is C8H17N3O. The van der Waals surface area contributed by atoms with E-state index < -0.39 is 0 Å². The SMILES string of the molecule is COCCCC(=NC1CC1)NN. The zero-order valence-corrected chi connectivity index (χ0v) is 7.55. The molecule has 0 atom stereocenters. The summed E-state index contributed by atoms with van der Waals surface area (Å²) in [5, 5.41) is 0. The van der Waals surface area contributed by atoms with E-state index in [-0.39, 0.29) is 0 Å². The van der Waals surface area contributed by atoms with Crippen LogP contribution in [-0.4, -0.2) is 25.6 Å². The van der Waals surface area contributed by atoms with Crippen molar-refractivity contribution < 1.29 is 4.74 Å². The molecule has 0 unspecified atom stereocenters. The number of nitrogens with one attached hydrogen (secondary N) is 1. The van der Waals surface area contributed by atoms with Gasteiger partial charge in [0.15, 0.2) is 0 Å². The number of hydrogen-bond acceptors (Lipinski definition) is 3. The summed E-state index contributed by atoms with van der Waals surface area (Å²) in [6, 6.07) is 0.540. The molecule has 0 amide bonds. The highest BCUT2D eigenvalue weighted by Gasteiger charge is 2.20. The summed E-state index contributed by atoms with van der Waals surface area (Å²) >= 11 is 0. The van der Waals surface area contributed by atoms with Crippen LogP contribution in [0, 0.1) is 0 Å². The Bertz CT molecular complexity index is 154. The third kappa shape index (κ3) is 3.69. The van der Waals surface area contributed by atoms with Gasteiger partial charge in [-0.25, -0.2) is 5.84 Å². The van der Waals surface area contributed by atoms with E-state index in [4.69, 9.17) is 10.6 Å². The van der Waals surface area contributed by atoms with Gasteiger partial charge >= 0.3 is 0 Å². The second-order valence-corrected chi connectivity index (χ2v) is 3.05. The van der Waals surface area contributed by atoms with Gasteiger partial charge in [-0.3, -0.25) is 4.99 Å². The van der Waals surface area contributed by atoms with E-state index in [2.05, 4.69) is 10.4 Å². The quantitative estimate of drug-likeness (QED) is 0.207. The third-order valence-electron chi connectivity index (χ3n) is 1.81. The number of aliphatic imine (C=N–C) groups is 1. The van der Waals surface area contributed by atoms with Gasteiger partial charge < -0.3 is 10.2 Å². The maximum absolute atomic E-state index is 5.31. The lowest BCUT2D eigenvalue weighted by Gasteiger charge is -2.04. The first-order valence-corrected chi connectivity index (χ1v) is 4.39. The van der Waals surface area contributed by atoms with Gasteiger partial charge in [0.1, 0.15) is 5.84 Å². The van der Waals surface area contributed by atoms with Crippen LogP contribution in [0.3, 0.4) is 0 Å². The number of ether oxygens (including phenoxy) is 1. The molecular weight excluding hydrogens is 154 g/mol. The topological polar surface area (TPSA) is 59.6 Å². The highest BCUT2D eigenvalue weighted by molar-refractivity contribution is 5.81. The minimum atomic E-state index is 0.540. The Labute approximate surface area is 73.2 Å². The average Bonchev–Trinajstić information content (AvgIpc) is 2.87. The first-order chi connectivity index (χ1) is 5.86. The van der Waals surface area contributed by atoms with Crippen molar-refractivity contribution in [2.24, 2.45) is 10.8 Å². The Morgan fingerprint density at radius 1 is 1.67 bits per heavy atom. The molecule has 1 saturated carbocycles.